The first-order valence-corrected chi connectivity index (χ1v) is 12.5. The van der Waals surface area contributed by atoms with E-state index in [4.69, 9.17) is 4.74 Å². The number of benzene rings is 3. The van der Waals surface area contributed by atoms with Crippen molar-refractivity contribution < 1.29 is 14.3 Å². The van der Waals surface area contributed by atoms with Gasteiger partial charge in [-0.1, -0.05) is 36.4 Å². The van der Waals surface area contributed by atoms with Gasteiger partial charge in [0.05, 0.1) is 29.8 Å². The highest BCUT2D eigenvalue weighted by Gasteiger charge is 2.27. The average molecular weight is 496 g/mol. The van der Waals surface area contributed by atoms with E-state index in [9.17, 15) is 14.9 Å². The van der Waals surface area contributed by atoms with Crippen LogP contribution in [-0.4, -0.2) is 37.6 Å². The second-order valence-corrected chi connectivity index (χ2v) is 9.44. The van der Waals surface area contributed by atoms with Crippen LogP contribution in [0.2, 0.25) is 0 Å². The van der Waals surface area contributed by atoms with E-state index >= 15 is 0 Å². The van der Waals surface area contributed by atoms with E-state index in [1.807, 2.05) is 61.5 Å². The molecule has 0 saturated carbocycles. The van der Waals surface area contributed by atoms with Gasteiger partial charge in [0.2, 0.25) is 5.91 Å². The molecule has 4 N–H and O–H groups in total. The molecule has 37 heavy (non-hydrogen) atoms. The third kappa shape index (κ3) is 5.33. The predicted molar refractivity (Wildman–Crippen MR) is 142 cm³/mol. The van der Waals surface area contributed by atoms with Gasteiger partial charge in [0.1, 0.15) is 6.07 Å². The van der Waals surface area contributed by atoms with Crippen LogP contribution in [0.4, 0.5) is 17.1 Å². The quantitative estimate of drug-likeness (QED) is 0.389. The number of carbonyl (C=O) groups is 2. The maximum absolute atomic E-state index is 12.8. The summed E-state index contributed by atoms with van der Waals surface area (Å²) in [5, 5.41) is 22.7. The average Bonchev–Trinajstić information content (AvgIpc) is 3.42. The molecule has 0 aromatic heterocycles. The molecule has 8 nitrogen and oxygen atoms in total. The molecule has 3 atom stereocenters. The van der Waals surface area contributed by atoms with Crippen LogP contribution in [0, 0.1) is 17.2 Å². The highest BCUT2D eigenvalue weighted by atomic mass is 16.5. The zero-order valence-corrected chi connectivity index (χ0v) is 20.6. The van der Waals surface area contributed by atoms with Gasteiger partial charge in [-0.2, -0.15) is 5.26 Å². The highest BCUT2D eigenvalue weighted by Crippen LogP contribution is 2.34. The van der Waals surface area contributed by atoms with Crippen molar-refractivity contribution in [3.63, 3.8) is 0 Å². The van der Waals surface area contributed by atoms with E-state index in [2.05, 4.69) is 27.3 Å². The summed E-state index contributed by atoms with van der Waals surface area (Å²) in [5.41, 5.74) is 5.08. The topological polar surface area (TPSA) is 115 Å². The molecule has 3 aromatic rings. The van der Waals surface area contributed by atoms with Gasteiger partial charge in [0, 0.05) is 36.1 Å². The van der Waals surface area contributed by atoms with Crippen molar-refractivity contribution in [3.8, 4) is 6.07 Å². The summed E-state index contributed by atoms with van der Waals surface area (Å²) in [6.07, 6.45) is 0.710. The first kappa shape index (κ1) is 24.5. The normalized spacial score (nSPS) is 19.0. The molecule has 5 rings (SSSR count). The first-order valence-electron chi connectivity index (χ1n) is 12.5. The van der Waals surface area contributed by atoms with Gasteiger partial charge in [-0.15, -0.1) is 0 Å². The van der Waals surface area contributed by atoms with Crippen molar-refractivity contribution in [2.75, 3.05) is 35.7 Å². The number of hydrogen-bond acceptors (Lipinski definition) is 6. The van der Waals surface area contributed by atoms with Crippen LogP contribution < -0.4 is 21.3 Å². The molecule has 2 aliphatic heterocycles. The van der Waals surface area contributed by atoms with E-state index in [0.29, 0.717) is 48.7 Å². The molecule has 0 bridgehead atoms. The Labute approximate surface area is 216 Å². The van der Waals surface area contributed by atoms with Crippen molar-refractivity contribution in [3.05, 3.63) is 89.0 Å². The van der Waals surface area contributed by atoms with E-state index in [1.54, 1.807) is 12.1 Å². The Hall–Kier alpha value is -4.19. The Morgan fingerprint density at radius 2 is 1.92 bits per heavy atom. The molecule has 1 fully saturated rings. The minimum Gasteiger partial charge on any atom is -0.381 e. The maximum Gasteiger partial charge on any atom is 0.256 e. The Bertz CT molecular complexity index is 1360. The lowest BCUT2D eigenvalue weighted by Crippen LogP contribution is -2.34. The molecule has 188 valence electrons. The van der Waals surface area contributed by atoms with E-state index in [-0.39, 0.29) is 29.8 Å². The number of hydrogen-bond donors (Lipinski definition) is 4. The van der Waals surface area contributed by atoms with E-state index in [1.165, 1.54) is 0 Å². The van der Waals surface area contributed by atoms with Crippen LogP contribution in [0.25, 0.3) is 0 Å². The van der Waals surface area contributed by atoms with Crippen molar-refractivity contribution in [2.45, 2.75) is 25.4 Å². The van der Waals surface area contributed by atoms with Crippen molar-refractivity contribution in [1.82, 2.24) is 5.32 Å². The molecule has 1 saturated heterocycles. The van der Waals surface area contributed by atoms with Gasteiger partial charge in [-0.3, -0.25) is 9.59 Å². The summed E-state index contributed by atoms with van der Waals surface area (Å²) >= 11 is 0. The standard InChI is InChI=1S/C29H29N5O3/c1-18(32-25-11-10-21(14-20(25)15-30)33-28(35)19-12-13-37-17-19)16-31-27-22-6-2-3-7-23(22)29(36)34-26-9-5-4-8-24(26)27/h2-11,14,18-19,27,31-32H,12-13,16-17H2,1H3,(H,33,35)(H,34,36)/t18-,19?,27?/m1/s1. The fourth-order valence-electron chi connectivity index (χ4n) is 4.83. The maximum atomic E-state index is 12.8. The molecule has 2 unspecified atom stereocenters. The second kappa shape index (κ2) is 10.8. The zero-order valence-electron chi connectivity index (χ0n) is 20.6. The summed E-state index contributed by atoms with van der Waals surface area (Å²) in [6.45, 7) is 3.64. The monoisotopic (exact) mass is 495 g/mol. The van der Waals surface area contributed by atoms with Gasteiger partial charge >= 0.3 is 0 Å². The molecule has 8 heteroatoms. The number of fused-ring (bicyclic) bond motifs is 2. The van der Waals surface area contributed by atoms with Crippen molar-refractivity contribution in [1.29, 1.82) is 5.26 Å². The Balaban J connectivity index is 1.29. The van der Waals surface area contributed by atoms with Gasteiger partial charge < -0.3 is 26.0 Å². The summed E-state index contributed by atoms with van der Waals surface area (Å²) in [6, 6.07) is 22.7. The number of rotatable bonds is 7. The van der Waals surface area contributed by atoms with Crippen molar-refractivity contribution >= 4 is 28.9 Å². The predicted octanol–water partition coefficient (Wildman–Crippen LogP) is 4.28. The molecule has 3 aromatic carbocycles. The lowest BCUT2D eigenvalue weighted by Gasteiger charge is -2.24. The summed E-state index contributed by atoms with van der Waals surface area (Å²) in [4.78, 5) is 25.2. The lowest BCUT2D eigenvalue weighted by molar-refractivity contribution is -0.119. The summed E-state index contributed by atoms with van der Waals surface area (Å²) in [7, 11) is 0. The number of para-hydroxylation sites is 1. The van der Waals surface area contributed by atoms with Crippen LogP contribution in [0.1, 0.15) is 46.4 Å². The van der Waals surface area contributed by atoms with Crippen LogP contribution in [0.5, 0.6) is 0 Å². The highest BCUT2D eigenvalue weighted by molar-refractivity contribution is 6.07. The third-order valence-corrected chi connectivity index (χ3v) is 6.77. The van der Waals surface area contributed by atoms with Crippen LogP contribution in [0.3, 0.4) is 0 Å². The number of amides is 2. The minimum atomic E-state index is -0.178. The summed E-state index contributed by atoms with van der Waals surface area (Å²) in [5.74, 6) is -0.361. The minimum absolute atomic E-state index is 0.0329. The van der Waals surface area contributed by atoms with Gasteiger partial charge in [0.15, 0.2) is 0 Å². The Morgan fingerprint density at radius 1 is 1.14 bits per heavy atom. The second-order valence-electron chi connectivity index (χ2n) is 9.44. The molecule has 2 heterocycles. The summed E-state index contributed by atoms with van der Waals surface area (Å²) < 4.78 is 5.29. The van der Waals surface area contributed by atoms with Crippen LogP contribution >= 0.6 is 0 Å². The Kier molecular flexibility index (Phi) is 7.17. The smallest absolute Gasteiger partial charge is 0.256 e. The fourth-order valence-corrected chi connectivity index (χ4v) is 4.83. The first-order chi connectivity index (χ1) is 18.0. The number of nitrogens with one attached hydrogen (secondary N) is 4. The van der Waals surface area contributed by atoms with E-state index in [0.717, 1.165) is 16.8 Å². The van der Waals surface area contributed by atoms with E-state index < -0.39 is 0 Å². The molecular formula is C29H29N5O3. The number of nitrogens with zero attached hydrogens (tertiary/aromatic N) is 1. The number of anilines is 3. The number of nitriles is 1. The molecule has 0 radical (unpaired) electrons. The van der Waals surface area contributed by atoms with Crippen LogP contribution in [0.15, 0.2) is 66.7 Å². The number of ether oxygens (including phenoxy) is 1. The Morgan fingerprint density at radius 3 is 2.70 bits per heavy atom. The zero-order chi connectivity index (χ0) is 25.8. The molecule has 0 aliphatic carbocycles. The SMILES string of the molecule is C[C@H](CNC1c2ccccc2NC(=O)c2ccccc21)Nc1ccc(NC(=O)C2CCOC2)cc1C#N. The van der Waals surface area contributed by atoms with Gasteiger partial charge in [-0.25, -0.2) is 0 Å². The lowest BCUT2D eigenvalue weighted by atomic mass is 9.94. The molecular weight excluding hydrogens is 466 g/mol. The fraction of sp³-hybridized carbons (Fsp3) is 0.276. The molecule has 2 amide bonds. The third-order valence-electron chi connectivity index (χ3n) is 6.77. The van der Waals surface area contributed by atoms with Crippen molar-refractivity contribution in [2.24, 2.45) is 5.92 Å². The van der Waals surface area contributed by atoms with Gasteiger partial charge in [0.25, 0.3) is 5.91 Å². The van der Waals surface area contributed by atoms with Gasteiger partial charge in [-0.05, 0) is 54.8 Å². The molecule has 2 aliphatic rings. The van der Waals surface area contributed by atoms with Crippen LogP contribution in [-0.2, 0) is 9.53 Å². The largest absolute Gasteiger partial charge is 0.381 e. The number of carbonyl (C=O) groups excluding carboxylic acids is 2. The molecule has 0 spiro atoms.